The Morgan fingerprint density at radius 2 is 2.38 bits per heavy atom. The monoisotopic (exact) mass is 302 g/mol. The van der Waals surface area contributed by atoms with E-state index in [9.17, 15) is 4.79 Å². The largest absolute Gasteiger partial charge is 0.336 e. The molecule has 1 aliphatic heterocycles. The summed E-state index contributed by atoms with van der Waals surface area (Å²) < 4.78 is 0. The molecule has 1 amide bonds. The number of hydrogen-bond acceptors (Lipinski definition) is 5. The van der Waals surface area contributed by atoms with E-state index in [1.54, 1.807) is 11.8 Å². The van der Waals surface area contributed by atoms with Crippen molar-refractivity contribution in [2.24, 2.45) is 0 Å². The van der Waals surface area contributed by atoms with Crippen LogP contribution in [0.25, 0.3) is 0 Å². The molecule has 2 aliphatic rings. The van der Waals surface area contributed by atoms with Gasteiger partial charge >= 0.3 is 0 Å². The van der Waals surface area contributed by atoms with Crippen LogP contribution in [0.5, 0.6) is 0 Å². The van der Waals surface area contributed by atoms with E-state index in [2.05, 4.69) is 21.7 Å². The van der Waals surface area contributed by atoms with Gasteiger partial charge in [0, 0.05) is 17.5 Å². The predicted octanol–water partition coefficient (Wildman–Crippen LogP) is 1.39. The van der Waals surface area contributed by atoms with Crippen molar-refractivity contribution in [3.63, 3.8) is 0 Å². The van der Waals surface area contributed by atoms with Crippen LogP contribution < -0.4 is 10.6 Å². The van der Waals surface area contributed by atoms with Crippen LogP contribution in [0.3, 0.4) is 0 Å². The summed E-state index contributed by atoms with van der Waals surface area (Å²) >= 11 is 1.71. The van der Waals surface area contributed by atoms with Gasteiger partial charge in [0.05, 0.1) is 17.1 Å². The van der Waals surface area contributed by atoms with E-state index in [1.165, 1.54) is 0 Å². The minimum Gasteiger partial charge on any atom is -0.336 e. The van der Waals surface area contributed by atoms with Crippen LogP contribution in [0.2, 0.25) is 0 Å². The summed E-state index contributed by atoms with van der Waals surface area (Å²) in [7, 11) is 0. The molecule has 0 radical (unpaired) electrons. The van der Waals surface area contributed by atoms with Crippen LogP contribution in [-0.2, 0) is 4.79 Å². The summed E-state index contributed by atoms with van der Waals surface area (Å²) in [6, 6.07) is 7.97. The number of nitrogens with zero attached hydrogens (tertiary/aromatic N) is 2. The van der Waals surface area contributed by atoms with Crippen LogP contribution in [0.4, 0.5) is 0 Å². The quantitative estimate of drug-likeness (QED) is 0.878. The molecular weight excluding hydrogens is 284 g/mol. The highest BCUT2D eigenvalue weighted by Gasteiger charge is 2.46. The summed E-state index contributed by atoms with van der Waals surface area (Å²) in [6.07, 6.45) is 2.31. The molecular formula is C15H18N4OS. The van der Waals surface area contributed by atoms with Crippen molar-refractivity contribution in [1.29, 1.82) is 5.26 Å². The fraction of sp³-hybridized carbons (Fsp3) is 0.533. The van der Waals surface area contributed by atoms with Crippen LogP contribution in [0.15, 0.2) is 23.2 Å². The molecule has 6 heteroatoms. The number of rotatable bonds is 4. The number of pyridine rings is 1. The van der Waals surface area contributed by atoms with E-state index in [1.807, 2.05) is 25.1 Å². The Morgan fingerprint density at radius 3 is 3.05 bits per heavy atom. The highest BCUT2D eigenvalue weighted by molar-refractivity contribution is 7.99. The van der Waals surface area contributed by atoms with Crippen molar-refractivity contribution < 1.29 is 4.79 Å². The second-order valence-electron chi connectivity index (χ2n) is 5.74. The first kappa shape index (κ1) is 14.4. The number of carbonyl (C=O) groups excluding carboxylic acids is 1. The van der Waals surface area contributed by atoms with Gasteiger partial charge in [0.2, 0.25) is 5.91 Å². The third-order valence-corrected chi connectivity index (χ3v) is 5.04. The van der Waals surface area contributed by atoms with Crippen molar-refractivity contribution >= 4 is 17.7 Å². The Morgan fingerprint density at radius 1 is 1.57 bits per heavy atom. The lowest BCUT2D eigenvalue weighted by molar-refractivity contribution is -0.123. The summed E-state index contributed by atoms with van der Waals surface area (Å²) in [6.45, 7) is 2.77. The lowest BCUT2D eigenvalue weighted by Gasteiger charge is -2.14. The number of hydrogen-bond donors (Lipinski definition) is 2. The first-order chi connectivity index (χ1) is 10.1. The zero-order valence-corrected chi connectivity index (χ0v) is 12.7. The average molecular weight is 302 g/mol. The molecule has 1 aliphatic carbocycles. The molecule has 2 N–H and O–H groups in total. The zero-order valence-electron chi connectivity index (χ0n) is 11.9. The van der Waals surface area contributed by atoms with Gasteiger partial charge in [0.25, 0.3) is 0 Å². The number of aryl methyl sites for hydroxylation is 1. The maximum absolute atomic E-state index is 12.2. The maximum Gasteiger partial charge on any atom is 0.238 e. The molecule has 1 saturated heterocycles. The molecule has 2 unspecified atom stereocenters. The zero-order chi connectivity index (χ0) is 14.9. The molecule has 2 atom stereocenters. The Hall–Kier alpha value is -1.58. The number of nitriles is 1. The van der Waals surface area contributed by atoms with Gasteiger partial charge in [-0.25, -0.2) is 4.98 Å². The second-order valence-corrected chi connectivity index (χ2v) is 7.06. The normalized spacial score (nSPS) is 26.1. The number of amides is 1. The minimum atomic E-state index is -0.581. The van der Waals surface area contributed by atoms with Gasteiger partial charge in [-0.2, -0.15) is 5.26 Å². The number of thioether (sulfide) groups is 1. The molecule has 2 fully saturated rings. The Balaban J connectivity index is 1.53. The van der Waals surface area contributed by atoms with E-state index in [0.717, 1.165) is 36.5 Å². The number of aromatic nitrogens is 1. The lowest BCUT2D eigenvalue weighted by Crippen LogP contribution is -2.45. The fourth-order valence-corrected chi connectivity index (χ4v) is 3.62. The van der Waals surface area contributed by atoms with E-state index in [4.69, 9.17) is 5.26 Å². The van der Waals surface area contributed by atoms with Gasteiger partial charge < -0.3 is 10.6 Å². The Kier molecular flexibility index (Phi) is 3.87. The molecule has 21 heavy (non-hydrogen) atoms. The van der Waals surface area contributed by atoms with Crippen molar-refractivity contribution in [3.05, 3.63) is 23.9 Å². The van der Waals surface area contributed by atoms with E-state index >= 15 is 0 Å². The minimum absolute atomic E-state index is 0.0469. The molecule has 1 aromatic rings. The van der Waals surface area contributed by atoms with Gasteiger partial charge in [-0.3, -0.25) is 4.79 Å². The first-order valence-corrected chi connectivity index (χ1v) is 8.05. The third-order valence-electron chi connectivity index (χ3n) is 3.88. The number of carbonyl (C=O) groups is 1. The second kappa shape index (κ2) is 5.66. The summed E-state index contributed by atoms with van der Waals surface area (Å²) in [5, 5.41) is 16.5. The average Bonchev–Trinajstić information content (AvgIpc) is 3.08. The Labute approximate surface area is 128 Å². The predicted molar refractivity (Wildman–Crippen MR) is 80.7 cm³/mol. The summed E-state index contributed by atoms with van der Waals surface area (Å²) in [5.74, 6) is -0.0469. The molecule has 110 valence electrons. The fourth-order valence-electron chi connectivity index (χ4n) is 2.46. The molecule has 3 rings (SSSR count). The van der Waals surface area contributed by atoms with Crippen LogP contribution in [-0.4, -0.2) is 34.3 Å². The Bertz CT molecular complexity index is 594. The van der Waals surface area contributed by atoms with Gasteiger partial charge in [-0.1, -0.05) is 6.07 Å². The molecule has 2 heterocycles. The molecule has 0 bridgehead atoms. The molecule has 0 spiro atoms. The van der Waals surface area contributed by atoms with Gasteiger partial charge in [0.1, 0.15) is 5.54 Å². The van der Waals surface area contributed by atoms with E-state index in [0.29, 0.717) is 5.25 Å². The van der Waals surface area contributed by atoms with Crippen LogP contribution in [0.1, 0.15) is 25.0 Å². The molecule has 1 aromatic heterocycles. The smallest absolute Gasteiger partial charge is 0.238 e. The van der Waals surface area contributed by atoms with Crippen molar-refractivity contribution in [1.82, 2.24) is 15.6 Å². The van der Waals surface area contributed by atoms with Crippen molar-refractivity contribution in [2.75, 3.05) is 6.54 Å². The standard InChI is InChI=1S/C15H18N4OS/c1-10-3-2-4-13(18-10)21-11-7-12(17-8-11)14(20)19-15(9-16)5-6-15/h2-4,11-12,17H,5-8H2,1H3,(H,19,20). The summed E-state index contributed by atoms with van der Waals surface area (Å²) in [5.41, 5.74) is 0.423. The van der Waals surface area contributed by atoms with Crippen molar-refractivity contribution in [2.45, 2.75) is 48.0 Å². The maximum atomic E-state index is 12.2. The highest BCUT2D eigenvalue weighted by atomic mass is 32.2. The van der Waals surface area contributed by atoms with Crippen LogP contribution in [0, 0.1) is 18.3 Å². The third kappa shape index (κ3) is 3.36. The van der Waals surface area contributed by atoms with E-state index in [-0.39, 0.29) is 11.9 Å². The summed E-state index contributed by atoms with van der Waals surface area (Å²) in [4.78, 5) is 16.6. The lowest BCUT2D eigenvalue weighted by atomic mass is 10.2. The SMILES string of the molecule is Cc1cccc(SC2CNC(C(=O)NC3(C#N)CC3)C2)n1. The highest BCUT2D eigenvalue weighted by Crippen LogP contribution is 2.35. The molecule has 1 saturated carbocycles. The van der Waals surface area contributed by atoms with Gasteiger partial charge in [-0.15, -0.1) is 11.8 Å². The van der Waals surface area contributed by atoms with Gasteiger partial charge in [-0.05, 0) is 38.3 Å². The van der Waals surface area contributed by atoms with E-state index < -0.39 is 5.54 Å². The van der Waals surface area contributed by atoms with Crippen LogP contribution >= 0.6 is 11.8 Å². The topological polar surface area (TPSA) is 77.8 Å². The molecule has 5 nitrogen and oxygen atoms in total. The first-order valence-electron chi connectivity index (χ1n) is 7.17. The molecule has 0 aromatic carbocycles. The van der Waals surface area contributed by atoms with Gasteiger partial charge in [0.15, 0.2) is 0 Å². The number of nitrogens with one attached hydrogen (secondary N) is 2. The van der Waals surface area contributed by atoms with Crippen molar-refractivity contribution in [3.8, 4) is 6.07 Å².